The predicted molar refractivity (Wildman–Crippen MR) is 87.1 cm³/mol. The minimum atomic E-state index is 0.750. The van der Waals surface area contributed by atoms with Crippen LogP contribution in [0.3, 0.4) is 0 Å². The predicted octanol–water partition coefficient (Wildman–Crippen LogP) is 4.19. The minimum absolute atomic E-state index is 0.750. The zero-order valence-corrected chi connectivity index (χ0v) is 12.9. The molecule has 3 rings (SSSR count). The maximum atomic E-state index is 5.52. The number of nitrogens with one attached hydrogen (secondary N) is 1. The average Bonchev–Trinajstić information content (AvgIpc) is 2.96. The SMILES string of the molecule is CCCNCc1ccc(C)c(-c2ccc3c(c2)COC3)c1. The van der Waals surface area contributed by atoms with Gasteiger partial charge in [0.05, 0.1) is 13.2 Å². The van der Waals surface area contributed by atoms with Crippen LogP contribution in [0, 0.1) is 6.92 Å². The van der Waals surface area contributed by atoms with Gasteiger partial charge in [-0.2, -0.15) is 0 Å². The molecule has 1 aliphatic rings. The number of rotatable bonds is 5. The van der Waals surface area contributed by atoms with Gasteiger partial charge in [-0.05, 0) is 65.4 Å². The molecule has 1 heterocycles. The summed E-state index contributed by atoms with van der Waals surface area (Å²) in [6.45, 7) is 7.90. The van der Waals surface area contributed by atoms with Crippen LogP contribution in [0.1, 0.15) is 35.6 Å². The number of benzene rings is 2. The third-order valence-corrected chi connectivity index (χ3v) is 4.09. The lowest BCUT2D eigenvalue weighted by Crippen LogP contribution is -2.13. The minimum Gasteiger partial charge on any atom is -0.372 e. The Kier molecular flexibility index (Phi) is 4.37. The molecule has 0 bridgehead atoms. The Bertz CT molecular complexity index is 633. The fourth-order valence-electron chi connectivity index (χ4n) is 2.84. The largest absolute Gasteiger partial charge is 0.372 e. The summed E-state index contributed by atoms with van der Waals surface area (Å²) in [5, 5.41) is 3.47. The number of fused-ring (bicyclic) bond motifs is 1. The van der Waals surface area contributed by atoms with Crippen LogP contribution in [0.4, 0.5) is 0 Å². The second kappa shape index (κ2) is 6.42. The molecule has 0 aromatic heterocycles. The van der Waals surface area contributed by atoms with E-state index in [0.29, 0.717) is 0 Å². The molecule has 0 saturated carbocycles. The first kappa shape index (κ1) is 14.3. The van der Waals surface area contributed by atoms with E-state index < -0.39 is 0 Å². The van der Waals surface area contributed by atoms with E-state index in [1.807, 2.05) is 0 Å². The molecule has 21 heavy (non-hydrogen) atoms. The molecule has 2 aromatic rings. The summed E-state index contributed by atoms with van der Waals surface area (Å²) in [5.74, 6) is 0. The molecule has 1 aliphatic heterocycles. The van der Waals surface area contributed by atoms with Crippen molar-refractivity contribution in [2.45, 2.75) is 40.0 Å². The van der Waals surface area contributed by atoms with Gasteiger partial charge in [0.15, 0.2) is 0 Å². The van der Waals surface area contributed by atoms with Crippen molar-refractivity contribution in [2.24, 2.45) is 0 Å². The molecular formula is C19H23NO. The van der Waals surface area contributed by atoms with E-state index in [4.69, 9.17) is 4.74 Å². The molecule has 2 heteroatoms. The van der Waals surface area contributed by atoms with Gasteiger partial charge in [-0.15, -0.1) is 0 Å². The van der Waals surface area contributed by atoms with E-state index >= 15 is 0 Å². The first-order chi connectivity index (χ1) is 10.3. The van der Waals surface area contributed by atoms with Crippen molar-refractivity contribution in [3.8, 4) is 11.1 Å². The number of hydrogen-bond donors (Lipinski definition) is 1. The summed E-state index contributed by atoms with van der Waals surface area (Å²) in [5.41, 5.74) is 7.97. The molecule has 110 valence electrons. The molecule has 1 N–H and O–H groups in total. The Morgan fingerprint density at radius 3 is 2.76 bits per heavy atom. The molecular weight excluding hydrogens is 258 g/mol. The van der Waals surface area contributed by atoms with Crippen LogP contribution in [-0.4, -0.2) is 6.54 Å². The molecule has 0 saturated heterocycles. The van der Waals surface area contributed by atoms with Crippen LogP contribution >= 0.6 is 0 Å². The van der Waals surface area contributed by atoms with Crippen molar-refractivity contribution < 1.29 is 4.74 Å². The maximum Gasteiger partial charge on any atom is 0.0725 e. The zero-order chi connectivity index (χ0) is 14.7. The van der Waals surface area contributed by atoms with E-state index in [1.54, 1.807) is 0 Å². The van der Waals surface area contributed by atoms with E-state index in [9.17, 15) is 0 Å². The highest BCUT2D eigenvalue weighted by Gasteiger charge is 2.12. The van der Waals surface area contributed by atoms with Crippen LogP contribution in [0.15, 0.2) is 36.4 Å². The lowest BCUT2D eigenvalue weighted by Gasteiger charge is -2.11. The topological polar surface area (TPSA) is 21.3 Å². The van der Waals surface area contributed by atoms with E-state index in [0.717, 1.165) is 26.3 Å². The smallest absolute Gasteiger partial charge is 0.0725 e. The number of aryl methyl sites for hydroxylation is 1. The van der Waals surface area contributed by atoms with Gasteiger partial charge in [0, 0.05) is 6.54 Å². The Balaban J connectivity index is 1.88. The van der Waals surface area contributed by atoms with Crippen LogP contribution in [0.25, 0.3) is 11.1 Å². The zero-order valence-electron chi connectivity index (χ0n) is 12.9. The second-order valence-electron chi connectivity index (χ2n) is 5.80. The van der Waals surface area contributed by atoms with Gasteiger partial charge in [-0.25, -0.2) is 0 Å². The lowest BCUT2D eigenvalue weighted by molar-refractivity contribution is 0.134. The molecule has 2 nitrogen and oxygen atoms in total. The number of hydrogen-bond acceptors (Lipinski definition) is 2. The van der Waals surface area contributed by atoms with Crippen LogP contribution in [0.2, 0.25) is 0 Å². The summed E-state index contributed by atoms with van der Waals surface area (Å²) in [6.07, 6.45) is 1.17. The summed E-state index contributed by atoms with van der Waals surface area (Å²) in [6, 6.07) is 13.5. The molecule has 0 amide bonds. The van der Waals surface area contributed by atoms with Gasteiger partial charge >= 0.3 is 0 Å². The molecule has 0 atom stereocenters. The van der Waals surface area contributed by atoms with E-state index in [-0.39, 0.29) is 0 Å². The van der Waals surface area contributed by atoms with Gasteiger partial charge in [0.2, 0.25) is 0 Å². The Morgan fingerprint density at radius 1 is 1.05 bits per heavy atom. The highest BCUT2D eigenvalue weighted by molar-refractivity contribution is 5.69. The van der Waals surface area contributed by atoms with Gasteiger partial charge in [0.25, 0.3) is 0 Å². The third-order valence-electron chi connectivity index (χ3n) is 4.09. The summed E-state index contributed by atoms with van der Waals surface area (Å²) in [7, 11) is 0. The van der Waals surface area contributed by atoms with Crippen molar-refractivity contribution in [2.75, 3.05) is 6.54 Å². The Hall–Kier alpha value is -1.64. The van der Waals surface area contributed by atoms with Gasteiger partial charge in [-0.3, -0.25) is 0 Å². The second-order valence-corrected chi connectivity index (χ2v) is 5.80. The fourth-order valence-corrected chi connectivity index (χ4v) is 2.84. The van der Waals surface area contributed by atoms with Crippen molar-refractivity contribution in [1.82, 2.24) is 5.32 Å². The average molecular weight is 281 g/mol. The van der Waals surface area contributed by atoms with Crippen LogP contribution in [0.5, 0.6) is 0 Å². The van der Waals surface area contributed by atoms with E-state index in [2.05, 4.69) is 55.6 Å². The molecule has 0 unspecified atom stereocenters. The molecule has 2 aromatic carbocycles. The Labute approximate surface area is 127 Å². The monoisotopic (exact) mass is 281 g/mol. The van der Waals surface area contributed by atoms with Crippen molar-refractivity contribution in [1.29, 1.82) is 0 Å². The molecule has 0 aliphatic carbocycles. The number of ether oxygens (including phenoxy) is 1. The van der Waals surface area contributed by atoms with Gasteiger partial charge < -0.3 is 10.1 Å². The summed E-state index contributed by atoms with van der Waals surface area (Å²) < 4.78 is 5.52. The lowest BCUT2D eigenvalue weighted by atomic mass is 9.95. The highest BCUT2D eigenvalue weighted by atomic mass is 16.5. The standard InChI is InChI=1S/C19H23NO/c1-3-8-20-11-15-5-4-14(2)19(9-15)16-6-7-17-12-21-13-18(17)10-16/h4-7,9-10,20H,3,8,11-13H2,1-2H3. The summed E-state index contributed by atoms with van der Waals surface area (Å²) in [4.78, 5) is 0. The van der Waals surface area contributed by atoms with Crippen LogP contribution < -0.4 is 5.32 Å². The molecule has 0 radical (unpaired) electrons. The van der Waals surface area contributed by atoms with Gasteiger partial charge in [0.1, 0.15) is 0 Å². The fraction of sp³-hybridized carbons (Fsp3) is 0.368. The normalized spacial score (nSPS) is 13.4. The highest BCUT2D eigenvalue weighted by Crippen LogP contribution is 2.29. The van der Waals surface area contributed by atoms with Crippen molar-refractivity contribution in [3.63, 3.8) is 0 Å². The van der Waals surface area contributed by atoms with Crippen molar-refractivity contribution in [3.05, 3.63) is 58.7 Å². The van der Waals surface area contributed by atoms with Gasteiger partial charge in [-0.1, -0.05) is 31.2 Å². The quantitative estimate of drug-likeness (QED) is 0.830. The van der Waals surface area contributed by atoms with Crippen molar-refractivity contribution >= 4 is 0 Å². The Morgan fingerprint density at radius 2 is 1.90 bits per heavy atom. The summed E-state index contributed by atoms with van der Waals surface area (Å²) >= 11 is 0. The molecule has 0 spiro atoms. The first-order valence-corrected chi connectivity index (χ1v) is 7.78. The molecule has 0 fully saturated rings. The van der Waals surface area contributed by atoms with Crippen LogP contribution in [-0.2, 0) is 24.5 Å². The maximum absolute atomic E-state index is 5.52. The first-order valence-electron chi connectivity index (χ1n) is 7.78. The van der Waals surface area contributed by atoms with E-state index in [1.165, 1.54) is 39.8 Å². The third kappa shape index (κ3) is 3.17.